The molecule has 0 saturated carbocycles. The molecule has 0 aliphatic heterocycles. The molecule has 1 nitrogen and oxygen atoms in total. The van der Waals surface area contributed by atoms with Gasteiger partial charge in [-0.3, -0.25) is 0 Å². The van der Waals surface area contributed by atoms with Gasteiger partial charge in [0.2, 0.25) is 0 Å². The van der Waals surface area contributed by atoms with Crippen LogP contribution in [0.15, 0.2) is 48.5 Å². The molecule has 0 fully saturated rings. The monoisotopic (exact) mass is 280 g/mol. The molecule has 1 heteroatoms. The van der Waals surface area contributed by atoms with Crippen molar-refractivity contribution in [2.24, 2.45) is 0 Å². The molecule has 2 aromatic carbocycles. The van der Waals surface area contributed by atoms with Crippen LogP contribution in [0.4, 0.5) is 0 Å². The van der Waals surface area contributed by atoms with Crippen molar-refractivity contribution in [1.29, 1.82) is 0 Å². The van der Waals surface area contributed by atoms with Gasteiger partial charge >= 0.3 is 0 Å². The standard InChI is InChI=1S/C20H24O/c1-2-8-16-9-7-12-18(15-16)20(21)14-6-5-11-17-10-3-4-13-19(17)20/h3-4,7,9-10,12-13,15,21H,2,5-6,8,11,14H2,1H3. The summed E-state index contributed by atoms with van der Waals surface area (Å²) in [5, 5.41) is 11.5. The summed E-state index contributed by atoms with van der Waals surface area (Å²) in [5.41, 5.74) is 3.97. The third kappa shape index (κ3) is 2.75. The van der Waals surface area contributed by atoms with Crippen molar-refractivity contribution in [2.45, 2.75) is 51.0 Å². The summed E-state index contributed by atoms with van der Waals surface area (Å²) in [6.45, 7) is 2.20. The molecular formula is C20H24O. The highest BCUT2D eigenvalue weighted by atomic mass is 16.3. The van der Waals surface area contributed by atoms with Gasteiger partial charge in [-0.05, 0) is 54.4 Å². The largest absolute Gasteiger partial charge is 0.380 e. The molecule has 0 amide bonds. The predicted octanol–water partition coefficient (Wildman–Crippen LogP) is 4.60. The lowest BCUT2D eigenvalue weighted by Gasteiger charge is -2.30. The van der Waals surface area contributed by atoms with E-state index in [0.29, 0.717) is 0 Å². The van der Waals surface area contributed by atoms with Gasteiger partial charge in [0.15, 0.2) is 0 Å². The minimum Gasteiger partial charge on any atom is -0.380 e. The van der Waals surface area contributed by atoms with Gasteiger partial charge in [0.05, 0.1) is 0 Å². The SMILES string of the molecule is CCCc1cccc(C2(O)CCCCc3ccccc32)c1. The van der Waals surface area contributed by atoms with Crippen molar-refractivity contribution >= 4 is 0 Å². The fourth-order valence-corrected chi connectivity index (χ4v) is 3.55. The third-order valence-electron chi connectivity index (χ3n) is 4.64. The van der Waals surface area contributed by atoms with E-state index >= 15 is 0 Å². The maximum Gasteiger partial charge on any atom is 0.115 e. The van der Waals surface area contributed by atoms with Crippen LogP contribution in [-0.4, -0.2) is 5.11 Å². The highest BCUT2D eigenvalue weighted by Gasteiger charge is 2.34. The molecule has 1 aliphatic carbocycles. The first kappa shape index (κ1) is 14.3. The van der Waals surface area contributed by atoms with Crippen LogP contribution in [0.5, 0.6) is 0 Å². The molecule has 0 heterocycles. The Morgan fingerprint density at radius 2 is 1.90 bits per heavy atom. The molecule has 0 bridgehead atoms. The average Bonchev–Trinajstić information content (AvgIpc) is 2.69. The molecule has 1 unspecified atom stereocenters. The van der Waals surface area contributed by atoms with Gasteiger partial charge in [-0.25, -0.2) is 0 Å². The fourth-order valence-electron chi connectivity index (χ4n) is 3.55. The first-order valence-corrected chi connectivity index (χ1v) is 8.14. The van der Waals surface area contributed by atoms with Crippen molar-refractivity contribution in [1.82, 2.24) is 0 Å². The van der Waals surface area contributed by atoms with Crippen molar-refractivity contribution < 1.29 is 5.11 Å². The lowest BCUT2D eigenvalue weighted by Crippen LogP contribution is -2.27. The van der Waals surface area contributed by atoms with Crippen molar-refractivity contribution in [3.63, 3.8) is 0 Å². The number of rotatable bonds is 3. The number of fused-ring (bicyclic) bond motifs is 1. The number of benzene rings is 2. The van der Waals surface area contributed by atoms with Crippen LogP contribution >= 0.6 is 0 Å². The molecule has 1 aliphatic rings. The van der Waals surface area contributed by atoms with Gasteiger partial charge in [0, 0.05) is 0 Å². The Morgan fingerprint density at radius 3 is 2.76 bits per heavy atom. The van der Waals surface area contributed by atoms with Crippen LogP contribution in [-0.2, 0) is 18.4 Å². The summed E-state index contributed by atoms with van der Waals surface area (Å²) in [7, 11) is 0. The normalized spacial score (nSPS) is 21.6. The second-order valence-corrected chi connectivity index (χ2v) is 6.17. The van der Waals surface area contributed by atoms with Gasteiger partial charge in [0.25, 0.3) is 0 Å². The smallest absolute Gasteiger partial charge is 0.115 e. The molecule has 1 atom stereocenters. The number of hydrogen-bond donors (Lipinski definition) is 1. The Bertz CT molecular complexity index is 617. The minimum absolute atomic E-state index is 0.819. The van der Waals surface area contributed by atoms with E-state index in [-0.39, 0.29) is 0 Å². The lowest BCUT2D eigenvalue weighted by atomic mass is 9.81. The molecule has 3 rings (SSSR count). The summed E-state index contributed by atoms with van der Waals surface area (Å²) >= 11 is 0. The maximum atomic E-state index is 11.5. The van der Waals surface area contributed by atoms with E-state index in [1.165, 1.54) is 11.1 Å². The van der Waals surface area contributed by atoms with Crippen molar-refractivity contribution in [2.75, 3.05) is 0 Å². The van der Waals surface area contributed by atoms with Crippen LogP contribution in [0.3, 0.4) is 0 Å². The van der Waals surface area contributed by atoms with E-state index in [9.17, 15) is 5.11 Å². The second kappa shape index (κ2) is 6.03. The van der Waals surface area contributed by atoms with E-state index in [4.69, 9.17) is 0 Å². The van der Waals surface area contributed by atoms with Gasteiger partial charge in [-0.2, -0.15) is 0 Å². The predicted molar refractivity (Wildman–Crippen MR) is 87.4 cm³/mol. The van der Waals surface area contributed by atoms with E-state index in [1.54, 1.807) is 0 Å². The van der Waals surface area contributed by atoms with Crippen LogP contribution in [0.1, 0.15) is 54.9 Å². The summed E-state index contributed by atoms with van der Waals surface area (Å²) in [6.07, 6.45) is 6.34. The van der Waals surface area contributed by atoms with Crippen LogP contribution < -0.4 is 0 Å². The Labute approximate surface area is 127 Å². The zero-order valence-electron chi connectivity index (χ0n) is 12.8. The van der Waals surface area contributed by atoms with Crippen molar-refractivity contribution in [3.05, 3.63) is 70.8 Å². The molecule has 21 heavy (non-hydrogen) atoms. The molecule has 0 radical (unpaired) electrons. The average molecular weight is 280 g/mol. The van der Waals surface area contributed by atoms with Crippen LogP contribution in [0.25, 0.3) is 0 Å². The third-order valence-corrected chi connectivity index (χ3v) is 4.64. The summed E-state index contributed by atoms with van der Waals surface area (Å²) < 4.78 is 0. The second-order valence-electron chi connectivity index (χ2n) is 6.17. The van der Waals surface area contributed by atoms with E-state index in [2.05, 4.69) is 49.4 Å². The Hall–Kier alpha value is -1.60. The zero-order chi connectivity index (χ0) is 14.7. The minimum atomic E-state index is -0.823. The van der Waals surface area contributed by atoms with Gasteiger partial charge in [-0.15, -0.1) is 0 Å². The molecule has 1 N–H and O–H groups in total. The van der Waals surface area contributed by atoms with Gasteiger partial charge in [0.1, 0.15) is 5.60 Å². The Morgan fingerprint density at radius 1 is 1.05 bits per heavy atom. The van der Waals surface area contributed by atoms with E-state index in [1.807, 2.05) is 6.07 Å². The molecule has 0 spiro atoms. The van der Waals surface area contributed by atoms with Crippen molar-refractivity contribution in [3.8, 4) is 0 Å². The maximum absolute atomic E-state index is 11.5. The van der Waals surface area contributed by atoms with Crippen LogP contribution in [0, 0.1) is 0 Å². The number of aliphatic hydroxyl groups is 1. The quantitative estimate of drug-likeness (QED) is 0.815. The Balaban J connectivity index is 2.09. The number of hydrogen-bond acceptors (Lipinski definition) is 1. The molecule has 110 valence electrons. The molecular weight excluding hydrogens is 256 g/mol. The van der Waals surface area contributed by atoms with Crippen LogP contribution in [0.2, 0.25) is 0 Å². The topological polar surface area (TPSA) is 20.2 Å². The zero-order valence-corrected chi connectivity index (χ0v) is 12.8. The highest BCUT2D eigenvalue weighted by molar-refractivity contribution is 5.43. The molecule has 2 aromatic rings. The number of aryl methyl sites for hydroxylation is 2. The molecule has 0 aromatic heterocycles. The first-order valence-electron chi connectivity index (χ1n) is 8.14. The first-order chi connectivity index (χ1) is 10.2. The van der Waals surface area contributed by atoms with Gasteiger partial charge < -0.3 is 5.11 Å². The summed E-state index contributed by atoms with van der Waals surface area (Å²) in [4.78, 5) is 0. The Kier molecular flexibility index (Phi) is 4.12. The highest BCUT2D eigenvalue weighted by Crippen LogP contribution is 2.39. The summed E-state index contributed by atoms with van der Waals surface area (Å²) in [5.74, 6) is 0. The fraction of sp³-hybridized carbons (Fsp3) is 0.400. The molecule has 0 saturated heterocycles. The van der Waals surface area contributed by atoms with Gasteiger partial charge in [-0.1, -0.05) is 61.9 Å². The lowest BCUT2D eigenvalue weighted by molar-refractivity contribution is 0.0704. The summed E-state index contributed by atoms with van der Waals surface area (Å²) in [6, 6.07) is 16.9. The van der Waals surface area contributed by atoms with E-state index < -0.39 is 5.60 Å². The van der Waals surface area contributed by atoms with E-state index in [0.717, 1.165) is 49.7 Å².